The molecule has 1 aliphatic heterocycles. The van der Waals surface area contributed by atoms with E-state index >= 15 is 0 Å². The molecule has 6 rings (SSSR count). The van der Waals surface area contributed by atoms with Crippen LogP contribution in [0.3, 0.4) is 0 Å². The highest BCUT2D eigenvalue weighted by atomic mass is 16.5. The second kappa shape index (κ2) is 8.18. The van der Waals surface area contributed by atoms with Gasteiger partial charge in [0, 0.05) is 32.1 Å². The first-order valence-electron chi connectivity index (χ1n) is 12.1. The highest BCUT2D eigenvalue weighted by Gasteiger charge is 2.51. The maximum absolute atomic E-state index is 12.8. The SMILES string of the molecule is COc1ccc(CN2CCC(N(C)CC34CC5CC(CC(C5)C3)C4)CCC2=O)cc1. The van der Waals surface area contributed by atoms with Crippen molar-refractivity contribution in [1.29, 1.82) is 0 Å². The second-order valence-electron chi connectivity index (χ2n) is 11.0. The molecule has 5 aliphatic rings. The fraction of sp³-hybridized carbons (Fsp3) is 0.731. The number of carbonyl (C=O) groups is 1. The number of methoxy groups -OCH3 is 1. The lowest BCUT2D eigenvalue weighted by Crippen LogP contribution is -2.52. The van der Waals surface area contributed by atoms with Crippen molar-refractivity contribution >= 4 is 5.91 Å². The third-order valence-corrected chi connectivity index (χ3v) is 8.68. The molecule has 4 bridgehead atoms. The van der Waals surface area contributed by atoms with Crippen LogP contribution in [0.15, 0.2) is 24.3 Å². The first-order valence-corrected chi connectivity index (χ1v) is 12.1. The first kappa shape index (κ1) is 20.4. The fourth-order valence-electron chi connectivity index (χ4n) is 7.72. The molecular weight excluding hydrogens is 372 g/mol. The number of carbonyl (C=O) groups excluding carboxylic acids is 1. The van der Waals surface area contributed by atoms with E-state index in [1.807, 2.05) is 12.1 Å². The van der Waals surface area contributed by atoms with Crippen LogP contribution in [0, 0.1) is 23.2 Å². The summed E-state index contributed by atoms with van der Waals surface area (Å²) in [6.07, 6.45) is 11.8. The van der Waals surface area contributed by atoms with Crippen LogP contribution in [-0.2, 0) is 11.3 Å². The van der Waals surface area contributed by atoms with Gasteiger partial charge in [-0.25, -0.2) is 0 Å². The normalized spacial score (nSPS) is 35.7. The standard InChI is InChI=1S/C26H38N2O2/c1-27(18-26-14-20-11-21(15-26)13-22(12-20)16-26)23-5-8-25(29)28(10-9-23)17-19-3-6-24(30-2)7-4-19/h3-4,6-7,20-23H,5,8-18H2,1-2H3. The van der Waals surface area contributed by atoms with Crippen LogP contribution in [0.4, 0.5) is 0 Å². The van der Waals surface area contributed by atoms with Gasteiger partial charge in [0.2, 0.25) is 5.91 Å². The quantitative estimate of drug-likeness (QED) is 0.680. The average molecular weight is 411 g/mol. The number of likely N-dealkylation sites (tertiary alicyclic amines) is 1. The van der Waals surface area contributed by atoms with E-state index < -0.39 is 0 Å². The molecule has 0 N–H and O–H groups in total. The summed E-state index contributed by atoms with van der Waals surface area (Å²) in [5.41, 5.74) is 1.77. The van der Waals surface area contributed by atoms with Gasteiger partial charge in [0.15, 0.2) is 0 Å². The number of hydrogen-bond acceptors (Lipinski definition) is 3. The number of ether oxygens (including phenoxy) is 1. The average Bonchev–Trinajstić information content (AvgIpc) is 2.89. The zero-order valence-corrected chi connectivity index (χ0v) is 18.8. The van der Waals surface area contributed by atoms with Gasteiger partial charge >= 0.3 is 0 Å². The zero-order valence-electron chi connectivity index (χ0n) is 18.8. The largest absolute Gasteiger partial charge is 0.497 e. The Labute approximate surface area is 182 Å². The molecule has 1 unspecified atom stereocenters. The van der Waals surface area contributed by atoms with Crippen LogP contribution in [0.5, 0.6) is 5.75 Å². The minimum Gasteiger partial charge on any atom is -0.497 e. The van der Waals surface area contributed by atoms with Gasteiger partial charge in [-0.1, -0.05) is 12.1 Å². The summed E-state index contributed by atoms with van der Waals surface area (Å²) >= 11 is 0. The number of nitrogens with zero attached hydrogens (tertiary/aromatic N) is 2. The third-order valence-electron chi connectivity index (χ3n) is 8.68. The maximum Gasteiger partial charge on any atom is 0.222 e. The minimum atomic E-state index is 0.316. The molecule has 0 aromatic heterocycles. The van der Waals surface area contributed by atoms with Gasteiger partial charge in [0.05, 0.1) is 7.11 Å². The van der Waals surface area contributed by atoms with E-state index in [1.54, 1.807) is 7.11 Å². The van der Waals surface area contributed by atoms with E-state index in [0.29, 0.717) is 30.3 Å². The van der Waals surface area contributed by atoms with Crippen LogP contribution < -0.4 is 4.74 Å². The lowest BCUT2D eigenvalue weighted by atomic mass is 9.49. The number of benzene rings is 1. The zero-order chi connectivity index (χ0) is 20.7. The Kier molecular flexibility index (Phi) is 5.55. The van der Waals surface area contributed by atoms with Gasteiger partial charge < -0.3 is 14.5 Å². The molecule has 0 spiro atoms. The molecule has 1 atom stereocenters. The van der Waals surface area contributed by atoms with Crippen LogP contribution in [0.2, 0.25) is 0 Å². The smallest absolute Gasteiger partial charge is 0.222 e. The van der Waals surface area contributed by atoms with Gasteiger partial charge in [-0.15, -0.1) is 0 Å². The Balaban J connectivity index is 1.19. The lowest BCUT2D eigenvalue weighted by Gasteiger charge is -2.58. The lowest BCUT2D eigenvalue weighted by molar-refractivity contribution is -0.131. The van der Waals surface area contributed by atoms with Crippen LogP contribution >= 0.6 is 0 Å². The van der Waals surface area contributed by atoms with Gasteiger partial charge in [-0.2, -0.15) is 0 Å². The van der Waals surface area contributed by atoms with Crippen molar-refractivity contribution < 1.29 is 9.53 Å². The van der Waals surface area contributed by atoms with Crippen LogP contribution in [0.25, 0.3) is 0 Å². The van der Waals surface area contributed by atoms with Crippen molar-refractivity contribution in [2.75, 3.05) is 27.2 Å². The summed E-state index contributed by atoms with van der Waals surface area (Å²) in [5, 5.41) is 0. The molecule has 30 heavy (non-hydrogen) atoms. The maximum atomic E-state index is 12.8. The molecule has 0 radical (unpaired) electrons. The van der Waals surface area contributed by atoms with Crippen molar-refractivity contribution in [3.05, 3.63) is 29.8 Å². The van der Waals surface area contributed by atoms with E-state index in [2.05, 4.69) is 29.0 Å². The third kappa shape index (κ3) is 4.12. The molecule has 4 heteroatoms. The topological polar surface area (TPSA) is 32.8 Å². The molecule has 1 aromatic rings. The van der Waals surface area contributed by atoms with Crippen molar-refractivity contribution in [2.45, 2.75) is 70.4 Å². The molecule has 1 aromatic carbocycles. The van der Waals surface area contributed by atoms with Gasteiger partial charge in [-0.3, -0.25) is 4.79 Å². The second-order valence-corrected chi connectivity index (χ2v) is 11.0. The highest BCUT2D eigenvalue weighted by molar-refractivity contribution is 5.76. The summed E-state index contributed by atoms with van der Waals surface area (Å²) in [6.45, 7) is 2.85. The van der Waals surface area contributed by atoms with Gasteiger partial charge in [0.1, 0.15) is 5.75 Å². The van der Waals surface area contributed by atoms with Crippen molar-refractivity contribution in [3.8, 4) is 5.75 Å². The Hall–Kier alpha value is -1.55. The Morgan fingerprint density at radius 1 is 1.03 bits per heavy atom. The predicted octanol–water partition coefficient (Wildman–Crippen LogP) is 4.72. The monoisotopic (exact) mass is 410 g/mol. The Bertz CT molecular complexity index is 724. The molecule has 1 heterocycles. The number of hydrogen-bond donors (Lipinski definition) is 0. The summed E-state index contributed by atoms with van der Waals surface area (Å²) in [4.78, 5) is 17.5. The first-order chi connectivity index (χ1) is 14.5. The molecule has 4 nitrogen and oxygen atoms in total. The summed E-state index contributed by atoms with van der Waals surface area (Å²) in [5.74, 6) is 4.23. The number of amides is 1. The Morgan fingerprint density at radius 3 is 2.27 bits per heavy atom. The van der Waals surface area contributed by atoms with E-state index in [1.165, 1.54) is 50.6 Å². The van der Waals surface area contributed by atoms with Gasteiger partial charge in [0.25, 0.3) is 0 Å². The van der Waals surface area contributed by atoms with Crippen molar-refractivity contribution in [2.24, 2.45) is 23.2 Å². The van der Waals surface area contributed by atoms with E-state index in [-0.39, 0.29) is 0 Å². The van der Waals surface area contributed by atoms with Crippen molar-refractivity contribution in [1.82, 2.24) is 9.80 Å². The molecular formula is C26H38N2O2. The predicted molar refractivity (Wildman–Crippen MR) is 119 cm³/mol. The van der Waals surface area contributed by atoms with Crippen molar-refractivity contribution in [3.63, 3.8) is 0 Å². The van der Waals surface area contributed by atoms with Gasteiger partial charge in [-0.05, 0) is 99.3 Å². The molecule has 164 valence electrons. The highest BCUT2D eigenvalue weighted by Crippen LogP contribution is 2.60. The molecule has 4 saturated carbocycles. The number of rotatable bonds is 6. The minimum absolute atomic E-state index is 0.316. The summed E-state index contributed by atoms with van der Waals surface area (Å²) in [6, 6.07) is 8.67. The summed E-state index contributed by atoms with van der Waals surface area (Å²) < 4.78 is 5.25. The summed E-state index contributed by atoms with van der Waals surface area (Å²) in [7, 11) is 4.03. The van der Waals surface area contributed by atoms with E-state index in [9.17, 15) is 4.79 Å². The molecule has 5 fully saturated rings. The van der Waals surface area contributed by atoms with E-state index in [4.69, 9.17) is 4.74 Å². The fourth-order valence-corrected chi connectivity index (χ4v) is 7.72. The Morgan fingerprint density at radius 2 is 1.67 bits per heavy atom. The molecule has 1 saturated heterocycles. The molecule has 1 amide bonds. The van der Waals surface area contributed by atoms with Crippen LogP contribution in [0.1, 0.15) is 63.4 Å². The molecule has 4 aliphatic carbocycles. The van der Waals surface area contributed by atoms with E-state index in [0.717, 1.165) is 42.9 Å². The van der Waals surface area contributed by atoms with Crippen LogP contribution in [-0.4, -0.2) is 49.0 Å².